The summed E-state index contributed by atoms with van der Waals surface area (Å²) in [6, 6.07) is 82.3. The van der Waals surface area contributed by atoms with Gasteiger partial charge in [-0.05, 0) is 166 Å². The predicted octanol–water partition coefficient (Wildman–Crippen LogP) is 16.2. The minimum Gasteiger partial charge on any atom is -0.309 e. The smallest absolute Gasteiger partial charge is 0.0725 e. The molecule has 1 heterocycles. The zero-order valence-corrected chi connectivity index (χ0v) is 34.7. The first-order chi connectivity index (χ1) is 31.1. The van der Waals surface area contributed by atoms with E-state index in [1.807, 2.05) is 0 Å². The third-order valence-electron chi connectivity index (χ3n) is 14.4. The van der Waals surface area contributed by atoms with Gasteiger partial charge in [0.1, 0.15) is 0 Å². The summed E-state index contributed by atoms with van der Waals surface area (Å²) in [5.41, 5.74) is 20.0. The quantitative estimate of drug-likeness (QED) is 0.157. The highest BCUT2D eigenvalue weighted by atomic mass is 15.0. The summed E-state index contributed by atoms with van der Waals surface area (Å²) in [4.78, 5) is 0. The number of nitrogens with zero attached hydrogens (tertiary/aromatic N) is 1. The molecule has 0 bridgehead atoms. The second kappa shape index (κ2) is 12.8. The van der Waals surface area contributed by atoms with E-state index in [4.69, 9.17) is 0 Å². The van der Waals surface area contributed by atoms with E-state index in [-0.39, 0.29) is 0 Å². The van der Waals surface area contributed by atoms with Crippen molar-refractivity contribution in [3.63, 3.8) is 0 Å². The molecule has 2 aliphatic rings. The fourth-order valence-corrected chi connectivity index (χ4v) is 11.8. The highest BCUT2D eigenvalue weighted by molar-refractivity contribution is 6.26. The molecule has 0 radical (unpaired) electrons. The molecule has 0 amide bonds. The van der Waals surface area contributed by atoms with Gasteiger partial charge in [0, 0.05) is 16.5 Å². The number of fused-ring (bicyclic) bond motifs is 19. The SMILES string of the molecule is Cc1cc(-c2ccc3c(c2)C2(c4ccccc4-c4ccccc42)c2cc4c5ccccc5c5ccccc5c4cc2-3)cc(-c2ccc3c(c2)c2ccccc2n3-c2ccccc2)c1. The van der Waals surface area contributed by atoms with Gasteiger partial charge in [0.15, 0.2) is 0 Å². The van der Waals surface area contributed by atoms with E-state index in [2.05, 4.69) is 230 Å². The molecule has 63 heavy (non-hydrogen) atoms. The first-order valence-electron chi connectivity index (χ1n) is 22.1. The van der Waals surface area contributed by atoms with E-state index in [9.17, 15) is 0 Å². The van der Waals surface area contributed by atoms with E-state index < -0.39 is 5.41 Å². The normalized spacial score (nSPS) is 13.3. The fourth-order valence-electron chi connectivity index (χ4n) is 11.8. The van der Waals surface area contributed by atoms with Gasteiger partial charge >= 0.3 is 0 Å². The molecule has 1 nitrogen and oxygen atoms in total. The van der Waals surface area contributed by atoms with E-state index in [0.29, 0.717) is 0 Å². The summed E-state index contributed by atoms with van der Waals surface area (Å²) in [5, 5.41) is 10.4. The second-order valence-electron chi connectivity index (χ2n) is 17.6. The van der Waals surface area contributed by atoms with Crippen molar-refractivity contribution in [2.24, 2.45) is 0 Å². The monoisotopic (exact) mass is 797 g/mol. The first kappa shape index (κ1) is 34.7. The van der Waals surface area contributed by atoms with Gasteiger partial charge in [0.25, 0.3) is 0 Å². The fraction of sp³-hybridized carbons (Fsp3) is 0.0323. The standard InChI is InChI=1S/C62H39N/c1-38-31-41(39-28-30-61-55(34-39)51-23-11-14-26-60(51)63(61)43-15-3-2-4-16-43)33-42(32-38)40-27-29-50-54-36-52-46-19-7-5-17-44(46)45-18-6-8-20-47(45)53(52)37-59(54)62(58(50)35-40)56-24-12-9-21-48(56)49-22-10-13-25-57(49)62/h2-37H,1H3. The van der Waals surface area contributed by atoms with E-state index in [0.717, 1.165) is 0 Å². The van der Waals surface area contributed by atoms with Crippen LogP contribution >= 0.6 is 0 Å². The Labute approximate surface area is 365 Å². The Morgan fingerprint density at radius 2 is 0.778 bits per heavy atom. The first-order valence-corrected chi connectivity index (χ1v) is 22.1. The second-order valence-corrected chi connectivity index (χ2v) is 17.6. The highest BCUT2D eigenvalue weighted by Gasteiger charge is 2.52. The van der Waals surface area contributed by atoms with Crippen LogP contribution in [0.1, 0.15) is 27.8 Å². The van der Waals surface area contributed by atoms with Crippen molar-refractivity contribution in [2.75, 3.05) is 0 Å². The number of hydrogen-bond acceptors (Lipinski definition) is 0. The van der Waals surface area contributed by atoms with E-state index in [1.54, 1.807) is 0 Å². The summed E-state index contributed by atoms with van der Waals surface area (Å²) in [6.45, 7) is 2.24. The number of benzene rings is 11. The van der Waals surface area contributed by atoms with Crippen LogP contribution in [-0.4, -0.2) is 4.57 Å². The number of para-hydroxylation sites is 2. The maximum Gasteiger partial charge on any atom is 0.0725 e. The minimum atomic E-state index is -0.473. The van der Waals surface area contributed by atoms with Gasteiger partial charge in [0.2, 0.25) is 0 Å². The van der Waals surface area contributed by atoms with Crippen LogP contribution in [-0.2, 0) is 5.41 Å². The summed E-state index contributed by atoms with van der Waals surface area (Å²) < 4.78 is 2.39. The zero-order chi connectivity index (χ0) is 41.4. The number of hydrogen-bond donors (Lipinski definition) is 0. The topological polar surface area (TPSA) is 4.93 Å². The van der Waals surface area contributed by atoms with Crippen LogP contribution in [0.3, 0.4) is 0 Å². The third-order valence-corrected chi connectivity index (χ3v) is 14.4. The molecule has 292 valence electrons. The lowest BCUT2D eigenvalue weighted by Crippen LogP contribution is -2.25. The van der Waals surface area contributed by atoms with E-state index >= 15 is 0 Å². The summed E-state index contributed by atoms with van der Waals surface area (Å²) in [5.74, 6) is 0. The lowest BCUT2D eigenvalue weighted by molar-refractivity contribution is 0.795. The molecule has 0 unspecified atom stereocenters. The van der Waals surface area contributed by atoms with Gasteiger partial charge in [-0.15, -0.1) is 0 Å². The van der Waals surface area contributed by atoms with Crippen LogP contribution < -0.4 is 0 Å². The average Bonchev–Trinajstić information content (AvgIpc) is 3.94. The Morgan fingerprint density at radius 1 is 0.286 bits per heavy atom. The molecule has 0 fully saturated rings. The van der Waals surface area contributed by atoms with Crippen molar-refractivity contribution in [2.45, 2.75) is 12.3 Å². The van der Waals surface area contributed by atoms with Crippen LogP contribution in [0.5, 0.6) is 0 Å². The molecule has 11 aromatic carbocycles. The molecule has 0 atom stereocenters. The molecular formula is C62H39N. The summed E-state index contributed by atoms with van der Waals surface area (Å²) >= 11 is 0. The number of aryl methyl sites for hydroxylation is 1. The van der Waals surface area contributed by atoms with Crippen molar-refractivity contribution in [3.05, 3.63) is 246 Å². The van der Waals surface area contributed by atoms with Crippen molar-refractivity contribution in [1.82, 2.24) is 4.57 Å². The van der Waals surface area contributed by atoms with Gasteiger partial charge in [-0.2, -0.15) is 0 Å². The molecule has 12 aromatic rings. The van der Waals surface area contributed by atoms with Crippen molar-refractivity contribution >= 4 is 54.1 Å². The Morgan fingerprint density at radius 3 is 1.46 bits per heavy atom. The third kappa shape index (κ3) is 4.66. The Bertz CT molecular complexity index is 3870. The summed E-state index contributed by atoms with van der Waals surface area (Å²) in [6.07, 6.45) is 0. The number of rotatable bonds is 3. The van der Waals surface area contributed by atoms with Gasteiger partial charge in [-0.3, -0.25) is 0 Å². The van der Waals surface area contributed by atoms with Crippen molar-refractivity contribution < 1.29 is 0 Å². The van der Waals surface area contributed by atoms with Crippen LogP contribution in [0, 0.1) is 6.92 Å². The highest BCUT2D eigenvalue weighted by Crippen LogP contribution is 2.64. The molecule has 0 saturated heterocycles. The largest absolute Gasteiger partial charge is 0.309 e. The zero-order valence-electron chi connectivity index (χ0n) is 34.7. The van der Waals surface area contributed by atoms with Gasteiger partial charge in [-0.25, -0.2) is 0 Å². The Balaban J connectivity index is 1.00. The average molecular weight is 798 g/mol. The molecule has 2 aliphatic carbocycles. The van der Waals surface area contributed by atoms with Crippen molar-refractivity contribution in [1.29, 1.82) is 0 Å². The molecule has 0 saturated carbocycles. The van der Waals surface area contributed by atoms with Crippen LogP contribution in [0.4, 0.5) is 0 Å². The lowest BCUT2D eigenvalue weighted by Gasteiger charge is -2.31. The molecule has 1 aromatic heterocycles. The van der Waals surface area contributed by atoms with Gasteiger partial charge in [-0.1, -0.05) is 164 Å². The maximum absolute atomic E-state index is 2.56. The lowest BCUT2D eigenvalue weighted by atomic mass is 9.70. The molecule has 1 heteroatoms. The van der Waals surface area contributed by atoms with Crippen LogP contribution in [0.2, 0.25) is 0 Å². The maximum atomic E-state index is 2.56. The van der Waals surface area contributed by atoms with Gasteiger partial charge < -0.3 is 4.57 Å². The van der Waals surface area contributed by atoms with E-state index in [1.165, 1.54) is 132 Å². The number of aromatic nitrogens is 1. The Hall–Kier alpha value is -8.00. The Kier molecular flexibility index (Phi) is 7.03. The molecular weight excluding hydrogens is 759 g/mol. The van der Waals surface area contributed by atoms with Crippen molar-refractivity contribution in [3.8, 4) is 50.2 Å². The molecule has 0 aliphatic heterocycles. The summed E-state index contributed by atoms with van der Waals surface area (Å²) in [7, 11) is 0. The van der Waals surface area contributed by atoms with Crippen LogP contribution in [0.15, 0.2) is 218 Å². The minimum absolute atomic E-state index is 0.473. The molecule has 1 spiro atoms. The van der Waals surface area contributed by atoms with Gasteiger partial charge in [0.05, 0.1) is 16.4 Å². The predicted molar refractivity (Wildman–Crippen MR) is 265 cm³/mol. The molecule has 14 rings (SSSR count). The van der Waals surface area contributed by atoms with Crippen LogP contribution in [0.25, 0.3) is 104 Å². The molecule has 0 N–H and O–H groups in total.